The van der Waals surface area contributed by atoms with E-state index in [-0.39, 0.29) is 18.3 Å². The van der Waals surface area contributed by atoms with Crippen molar-refractivity contribution in [3.05, 3.63) is 76.7 Å². The molecule has 1 atom stereocenters. The minimum atomic E-state index is -0.399. The van der Waals surface area contributed by atoms with E-state index in [1.807, 2.05) is 58.7 Å². The molecule has 128 valence electrons. The van der Waals surface area contributed by atoms with Gasteiger partial charge in [-0.05, 0) is 47.8 Å². The van der Waals surface area contributed by atoms with Crippen LogP contribution in [-0.4, -0.2) is 23.6 Å². The molecule has 3 rings (SSSR count). The first-order valence-electron chi connectivity index (χ1n) is 7.82. The van der Waals surface area contributed by atoms with E-state index in [4.69, 9.17) is 4.74 Å². The number of carbonyl (C=O) groups is 2. The third-order valence-corrected chi connectivity index (χ3v) is 4.81. The number of amides is 1. The van der Waals surface area contributed by atoms with Crippen LogP contribution < -0.4 is 5.32 Å². The SMILES string of the molecule is COC(=O)CC(NC(=O)c1ccc(-n2cccc2)cc1)c1cccs1. The normalized spacial score (nSPS) is 11.7. The largest absolute Gasteiger partial charge is 0.469 e. The molecule has 0 bridgehead atoms. The summed E-state index contributed by atoms with van der Waals surface area (Å²) < 4.78 is 6.70. The summed E-state index contributed by atoms with van der Waals surface area (Å²) in [6, 6.07) is 14.6. The summed E-state index contributed by atoms with van der Waals surface area (Å²) in [4.78, 5) is 25.1. The Morgan fingerprint density at radius 1 is 1.12 bits per heavy atom. The second kappa shape index (κ2) is 7.81. The lowest BCUT2D eigenvalue weighted by Gasteiger charge is -2.16. The van der Waals surface area contributed by atoms with Crippen LogP contribution in [0.4, 0.5) is 0 Å². The van der Waals surface area contributed by atoms with E-state index in [0.717, 1.165) is 10.6 Å². The van der Waals surface area contributed by atoms with E-state index in [9.17, 15) is 9.59 Å². The summed E-state index contributed by atoms with van der Waals surface area (Å²) >= 11 is 1.50. The molecule has 1 amide bonds. The zero-order valence-electron chi connectivity index (χ0n) is 13.7. The monoisotopic (exact) mass is 354 g/mol. The van der Waals surface area contributed by atoms with Crippen LogP contribution in [0, 0.1) is 0 Å². The Morgan fingerprint density at radius 2 is 1.84 bits per heavy atom. The van der Waals surface area contributed by atoms with Gasteiger partial charge in [0.15, 0.2) is 0 Å². The molecule has 0 saturated carbocycles. The molecule has 1 N–H and O–H groups in total. The number of esters is 1. The molecule has 0 radical (unpaired) electrons. The van der Waals surface area contributed by atoms with Crippen molar-refractivity contribution in [1.29, 1.82) is 0 Å². The van der Waals surface area contributed by atoms with Crippen molar-refractivity contribution in [2.75, 3.05) is 7.11 Å². The second-order valence-corrected chi connectivity index (χ2v) is 6.44. The molecule has 25 heavy (non-hydrogen) atoms. The van der Waals surface area contributed by atoms with E-state index in [0.29, 0.717) is 5.56 Å². The molecule has 6 heteroatoms. The van der Waals surface area contributed by atoms with Crippen LogP contribution in [0.15, 0.2) is 66.3 Å². The van der Waals surface area contributed by atoms with E-state index >= 15 is 0 Å². The van der Waals surface area contributed by atoms with Gasteiger partial charge in [-0.1, -0.05) is 6.07 Å². The highest BCUT2D eigenvalue weighted by Crippen LogP contribution is 2.23. The average Bonchev–Trinajstić information content (AvgIpc) is 3.34. The van der Waals surface area contributed by atoms with Crippen molar-refractivity contribution in [2.45, 2.75) is 12.5 Å². The van der Waals surface area contributed by atoms with Gasteiger partial charge in [-0.2, -0.15) is 0 Å². The molecule has 0 spiro atoms. The van der Waals surface area contributed by atoms with Crippen LogP contribution in [0.1, 0.15) is 27.7 Å². The Labute approximate surface area is 149 Å². The van der Waals surface area contributed by atoms with Gasteiger partial charge in [-0.25, -0.2) is 0 Å². The lowest BCUT2D eigenvalue weighted by Crippen LogP contribution is -2.30. The van der Waals surface area contributed by atoms with Crippen LogP contribution in [0.5, 0.6) is 0 Å². The summed E-state index contributed by atoms with van der Waals surface area (Å²) in [6.45, 7) is 0. The molecule has 0 aliphatic rings. The Balaban J connectivity index is 1.73. The number of carbonyl (C=O) groups excluding carboxylic acids is 2. The number of benzene rings is 1. The quantitative estimate of drug-likeness (QED) is 0.689. The Bertz CT molecular complexity index is 824. The first-order chi connectivity index (χ1) is 12.2. The van der Waals surface area contributed by atoms with Crippen molar-refractivity contribution in [3.8, 4) is 5.69 Å². The van der Waals surface area contributed by atoms with Gasteiger partial charge in [0, 0.05) is 28.5 Å². The number of ether oxygens (including phenoxy) is 1. The van der Waals surface area contributed by atoms with Crippen LogP contribution in [-0.2, 0) is 9.53 Å². The van der Waals surface area contributed by atoms with E-state index in [2.05, 4.69) is 5.32 Å². The fourth-order valence-electron chi connectivity index (χ4n) is 2.50. The topological polar surface area (TPSA) is 60.3 Å². The summed E-state index contributed by atoms with van der Waals surface area (Å²) in [5.74, 6) is -0.581. The lowest BCUT2D eigenvalue weighted by molar-refractivity contribution is -0.141. The molecule has 3 aromatic rings. The molecule has 0 saturated heterocycles. The van der Waals surface area contributed by atoms with E-state index in [1.54, 1.807) is 12.1 Å². The number of hydrogen-bond donors (Lipinski definition) is 1. The maximum atomic E-state index is 12.6. The predicted molar refractivity (Wildman–Crippen MR) is 96.9 cm³/mol. The molecule has 2 aromatic heterocycles. The average molecular weight is 354 g/mol. The van der Waals surface area contributed by atoms with Gasteiger partial charge in [-0.15, -0.1) is 11.3 Å². The van der Waals surface area contributed by atoms with Crippen LogP contribution in [0.3, 0.4) is 0 Å². The fraction of sp³-hybridized carbons (Fsp3) is 0.158. The lowest BCUT2D eigenvalue weighted by atomic mass is 10.1. The number of methoxy groups -OCH3 is 1. The Hall–Kier alpha value is -2.86. The maximum Gasteiger partial charge on any atom is 0.307 e. The van der Waals surface area contributed by atoms with Gasteiger partial charge in [0.25, 0.3) is 5.91 Å². The summed E-state index contributed by atoms with van der Waals surface area (Å²) in [7, 11) is 1.34. The van der Waals surface area contributed by atoms with Gasteiger partial charge in [0.2, 0.25) is 0 Å². The Morgan fingerprint density at radius 3 is 2.44 bits per heavy atom. The molecule has 0 aliphatic carbocycles. The molecule has 5 nitrogen and oxygen atoms in total. The summed E-state index contributed by atoms with van der Waals surface area (Å²) in [5, 5.41) is 4.83. The van der Waals surface area contributed by atoms with Gasteiger partial charge in [0.05, 0.1) is 19.6 Å². The molecule has 0 aliphatic heterocycles. The van der Waals surface area contributed by atoms with Crippen molar-refractivity contribution < 1.29 is 14.3 Å². The van der Waals surface area contributed by atoms with Crippen molar-refractivity contribution >= 4 is 23.2 Å². The number of nitrogens with zero attached hydrogens (tertiary/aromatic N) is 1. The highest BCUT2D eigenvalue weighted by atomic mass is 32.1. The van der Waals surface area contributed by atoms with Crippen molar-refractivity contribution in [1.82, 2.24) is 9.88 Å². The number of aromatic nitrogens is 1. The second-order valence-electron chi connectivity index (χ2n) is 5.46. The first kappa shape index (κ1) is 17.0. The van der Waals surface area contributed by atoms with Crippen molar-refractivity contribution in [3.63, 3.8) is 0 Å². The van der Waals surface area contributed by atoms with Crippen molar-refractivity contribution in [2.24, 2.45) is 0 Å². The molecular formula is C19H18N2O3S. The first-order valence-corrected chi connectivity index (χ1v) is 8.70. The minimum absolute atomic E-state index is 0.101. The van der Waals surface area contributed by atoms with Gasteiger partial charge >= 0.3 is 5.97 Å². The van der Waals surface area contributed by atoms with Crippen LogP contribution in [0.2, 0.25) is 0 Å². The standard InChI is InChI=1S/C19H18N2O3S/c1-24-18(22)13-16(17-5-4-12-25-17)20-19(23)14-6-8-15(9-7-14)21-10-2-3-11-21/h2-12,16H,13H2,1H3,(H,20,23). The molecular weight excluding hydrogens is 336 g/mol. The third kappa shape index (κ3) is 4.16. The predicted octanol–water partition coefficient (Wildman–Crippen LogP) is 3.57. The number of hydrogen-bond acceptors (Lipinski definition) is 4. The third-order valence-electron chi connectivity index (χ3n) is 3.82. The van der Waals surface area contributed by atoms with E-state index < -0.39 is 6.04 Å². The van der Waals surface area contributed by atoms with Gasteiger partial charge < -0.3 is 14.6 Å². The molecule has 2 heterocycles. The molecule has 1 unspecified atom stereocenters. The van der Waals surface area contributed by atoms with E-state index in [1.165, 1.54) is 18.4 Å². The van der Waals surface area contributed by atoms with Crippen LogP contribution in [0.25, 0.3) is 5.69 Å². The number of thiophene rings is 1. The smallest absolute Gasteiger partial charge is 0.307 e. The molecule has 0 fully saturated rings. The molecule has 1 aromatic carbocycles. The minimum Gasteiger partial charge on any atom is -0.469 e. The maximum absolute atomic E-state index is 12.6. The fourth-order valence-corrected chi connectivity index (χ4v) is 3.27. The zero-order valence-corrected chi connectivity index (χ0v) is 14.5. The Kier molecular flexibility index (Phi) is 5.30. The van der Waals surface area contributed by atoms with Gasteiger partial charge in [0.1, 0.15) is 0 Å². The zero-order chi connectivity index (χ0) is 17.6. The number of nitrogens with one attached hydrogen (secondary N) is 1. The van der Waals surface area contributed by atoms with Gasteiger partial charge in [-0.3, -0.25) is 9.59 Å². The highest BCUT2D eigenvalue weighted by Gasteiger charge is 2.20. The number of rotatable bonds is 6. The summed E-state index contributed by atoms with van der Waals surface area (Å²) in [5.41, 5.74) is 1.52. The van der Waals surface area contributed by atoms with Crippen LogP contribution >= 0.6 is 11.3 Å². The highest BCUT2D eigenvalue weighted by molar-refractivity contribution is 7.10. The summed E-state index contributed by atoms with van der Waals surface area (Å²) in [6.07, 6.45) is 3.99.